The first-order valence-corrected chi connectivity index (χ1v) is 10.4. The van der Waals surface area contributed by atoms with Crippen LogP contribution in [0.15, 0.2) is 70.3 Å². The molecular formula is C24H16ClN3O3. The van der Waals surface area contributed by atoms with Crippen LogP contribution in [0.5, 0.6) is 0 Å². The number of halogens is 1. The highest BCUT2D eigenvalue weighted by atomic mass is 35.5. The van der Waals surface area contributed by atoms with Gasteiger partial charge in [0.05, 0.1) is 27.1 Å². The Labute approximate surface area is 180 Å². The van der Waals surface area contributed by atoms with Crippen molar-refractivity contribution in [3.8, 4) is 5.69 Å². The van der Waals surface area contributed by atoms with Gasteiger partial charge in [-0.15, -0.1) is 0 Å². The topological polar surface area (TPSA) is 72.6 Å². The van der Waals surface area contributed by atoms with Gasteiger partial charge in [-0.3, -0.25) is 14.2 Å². The number of para-hydroxylation sites is 1. The van der Waals surface area contributed by atoms with Gasteiger partial charge in [0, 0.05) is 17.0 Å². The molecule has 6 nitrogen and oxygen atoms in total. The highest BCUT2D eigenvalue weighted by Crippen LogP contribution is 2.30. The van der Waals surface area contributed by atoms with Crippen LogP contribution in [0.4, 0.5) is 0 Å². The first kappa shape index (κ1) is 18.2. The largest absolute Gasteiger partial charge is 0.349 e. The van der Waals surface area contributed by atoms with Crippen LogP contribution in [-0.4, -0.2) is 20.9 Å². The third kappa shape index (κ3) is 2.61. The predicted octanol–water partition coefficient (Wildman–Crippen LogP) is 3.74. The number of fused-ring (bicyclic) bond motifs is 2. The number of carbonyl (C=O) groups is 1. The van der Waals surface area contributed by atoms with E-state index in [0.29, 0.717) is 38.1 Å². The van der Waals surface area contributed by atoms with Crippen molar-refractivity contribution in [3.05, 3.63) is 92.1 Å². The summed E-state index contributed by atoms with van der Waals surface area (Å²) in [6, 6.07) is 17.9. The average molecular weight is 430 g/mol. The second-order valence-corrected chi connectivity index (χ2v) is 8.30. The molecule has 7 heteroatoms. The first-order chi connectivity index (χ1) is 15.0. The molecule has 0 atom stereocenters. The first-order valence-electron chi connectivity index (χ1n) is 10.1. The Hall–Kier alpha value is -3.64. The van der Waals surface area contributed by atoms with Gasteiger partial charge in [-0.05, 0) is 54.6 Å². The van der Waals surface area contributed by atoms with E-state index in [1.165, 1.54) is 8.97 Å². The SMILES string of the molecule is O=C(NC1CC1)c1ccc(-n2c(=O)n3c(=O)c4c(Cl)cccc4c4cccc2c43)cc1. The van der Waals surface area contributed by atoms with Crippen molar-refractivity contribution in [1.29, 1.82) is 0 Å². The molecule has 1 saturated carbocycles. The number of benzene rings is 3. The summed E-state index contributed by atoms with van der Waals surface area (Å²) in [5.74, 6) is -0.121. The predicted molar refractivity (Wildman–Crippen MR) is 121 cm³/mol. The minimum Gasteiger partial charge on any atom is -0.349 e. The lowest BCUT2D eigenvalue weighted by atomic mass is 10.1. The van der Waals surface area contributed by atoms with Crippen LogP contribution in [0.3, 0.4) is 0 Å². The van der Waals surface area contributed by atoms with Crippen LogP contribution < -0.4 is 16.6 Å². The van der Waals surface area contributed by atoms with Gasteiger partial charge >= 0.3 is 5.69 Å². The molecule has 6 rings (SSSR count). The molecule has 0 spiro atoms. The molecule has 1 aliphatic carbocycles. The highest BCUT2D eigenvalue weighted by Gasteiger charge is 2.24. The van der Waals surface area contributed by atoms with Crippen LogP contribution in [0.1, 0.15) is 23.2 Å². The van der Waals surface area contributed by atoms with Crippen LogP contribution >= 0.6 is 11.6 Å². The summed E-state index contributed by atoms with van der Waals surface area (Å²) in [6.07, 6.45) is 2.03. The van der Waals surface area contributed by atoms with Crippen LogP contribution in [0, 0.1) is 0 Å². The van der Waals surface area contributed by atoms with Gasteiger partial charge < -0.3 is 5.32 Å². The van der Waals surface area contributed by atoms with Crippen molar-refractivity contribution in [2.24, 2.45) is 0 Å². The number of aromatic nitrogens is 2. The number of hydrogen-bond acceptors (Lipinski definition) is 3. The molecule has 2 heterocycles. The molecule has 5 aromatic rings. The van der Waals surface area contributed by atoms with Crippen molar-refractivity contribution in [3.63, 3.8) is 0 Å². The Morgan fingerprint density at radius 1 is 0.935 bits per heavy atom. The molecule has 0 aliphatic heterocycles. The minimum absolute atomic E-state index is 0.121. The van der Waals surface area contributed by atoms with E-state index in [9.17, 15) is 14.4 Å². The van der Waals surface area contributed by atoms with E-state index in [-0.39, 0.29) is 11.9 Å². The molecule has 31 heavy (non-hydrogen) atoms. The third-order valence-corrected chi connectivity index (χ3v) is 6.20. The van der Waals surface area contributed by atoms with Crippen molar-refractivity contribution < 1.29 is 4.79 Å². The summed E-state index contributed by atoms with van der Waals surface area (Å²) in [4.78, 5) is 38.9. The lowest BCUT2D eigenvalue weighted by molar-refractivity contribution is 0.0951. The fourth-order valence-corrected chi connectivity index (χ4v) is 4.49. The molecule has 1 N–H and O–H groups in total. The molecule has 152 valence electrons. The molecule has 2 aromatic heterocycles. The van der Waals surface area contributed by atoms with E-state index >= 15 is 0 Å². The van der Waals surface area contributed by atoms with Crippen molar-refractivity contribution in [2.75, 3.05) is 0 Å². The quantitative estimate of drug-likeness (QED) is 0.444. The van der Waals surface area contributed by atoms with Crippen LogP contribution in [-0.2, 0) is 0 Å². The average Bonchev–Trinajstić information content (AvgIpc) is 3.53. The zero-order valence-electron chi connectivity index (χ0n) is 16.3. The summed E-state index contributed by atoms with van der Waals surface area (Å²) in [6.45, 7) is 0. The molecular weight excluding hydrogens is 414 g/mol. The number of nitrogens with one attached hydrogen (secondary N) is 1. The van der Waals surface area contributed by atoms with Crippen LogP contribution in [0.25, 0.3) is 32.9 Å². The second kappa shape index (κ2) is 6.43. The summed E-state index contributed by atoms with van der Waals surface area (Å²) in [7, 11) is 0. The number of rotatable bonds is 3. The number of nitrogens with zero attached hydrogens (tertiary/aromatic N) is 2. The Morgan fingerprint density at radius 2 is 1.65 bits per heavy atom. The second-order valence-electron chi connectivity index (χ2n) is 7.89. The summed E-state index contributed by atoms with van der Waals surface area (Å²) in [5, 5.41) is 5.10. The normalized spacial score (nSPS) is 14.0. The maximum Gasteiger partial charge on any atom is 0.340 e. The van der Waals surface area contributed by atoms with E-state index in [1.807, 2.05) is 24.3 Å². The maximum atomic E-state index is 13.4. The maximum absolute atomic E-state index is 13.4. The van der Waals surface area contributed by atoms with Gasteiger partial charge in [0.25, 0.3) is 11.5 Å². The Morgan fingerprint density at radius 3 is 2.39 bits per heavy atom. The fraction of sp³-hybridized carbons (Fsp3) is 0.125. The van der Waals surface area contributed by atoms with Gasteiger partial charge in [-0.2, -0.15) is 0 Å². The van der Waals surface area contributed by atoms with Gasteiger partial charge in [-0.1, -0.05) is 35.9 Å². The number of pyridine rings is 1. The molecule has 1 fully saturated rings. The highest BCUT2D eigenvalue weighted by molar-refractivity contribution is 6.36. The molecule has 0 unspecified atom stereocenters. The third-order valence-electron chi connectivity index (χ3n) is 5.88. The fourth-order valence-electron chi connectivity index (χ4n) is 4.24. The Kier molecular flexibility index (Phi) is 3.76. The standard InChI is InChI=1S/C24H16ClN3O3/c25-18-5-1-3-16-17-4-2-6-19-21(17)28(23(30)20(16)18)24(31)27(19)15-11-7-13(8-12-15)22(29)26-14-9-10-14/h1-8,11-12,14H,9-10H2,(H,26,29). The Balaban J connectivity index is 1.62. The van der Waals surface area contributed by atoms with Crippen molar-refractivity contribution >= 4 is 44.7 Å². The molecule has 0 saturated heterocycles. The van der Waals surface area contributed by atoms with Crippen molar-refractivity contribution in [2.45, 2.75) is 18.9 Å². The van der Waals surface area contributed by atoms with Crippen molar-refractivity contribution in [1.82, 2.24) is 14.3 Å². The summed E-state index contributed by atoms with van der Waals surface area (Å²) in [5.41, 5.74) is 1.40. The smallest absolute Gasteiger partial charge is 0.340 e. The summed E-state index contributed by atoms with van der Waals surface area (Å²) >= 11 is 6.32. The zero-order valence-corrected chi connectivity index (χ0v) is 17.0. The van der Waals surface area contributed by atoms with Crippen LogP contribution in [0.2, 0.25) is 5.02 Å². The van der Waals surface area contributed by atoms with Gasteiger partial charge in [0.2, 0.25) is 0 Å². The lowest BCUT2D eigenvalue weighted by Gasteiger charge is -2.07. The monoisotopic (exact) mass is 429 g/mol. The molecule has 1 amide bonds. The molecule has 1 aliphatic rings. The number of carbonyl (C=O) groups excluding carboxylic acids is 1. The zero-order chi connectivity index (χ0) is 21.3. The molecule has 0 radical (unpaired) electrons. The van der Waals surface area contributed by atoms with E-state index in [0.717, 1.165) is 18.2 Å². The van der Waals surface area contributed by atoms with E-state index in [2.05, 4.69) is 5.32 Å². The summed E-state index contributed by atoms with van der Waals surface area (Å²) < 4.78 is 2.69. The van der Waals surface area contributed by atoms with E-state index < -0.39 is 11.2 Å². The number of hydrogen-bond donors (Lipinski definition) is 1. The molecule has 3 aromatic carbocycles. The number of amides is 1. The van der Waals surface area contributed by atoms with Gasteiger partial charge in [0.1, 0.15) is 0 Å². The van der Waals surface area contributed by atoms with E-state index in [4.69, 9.17) is 11.6 Å². The Bertz CT molecular complexity index is 1630. The number of imidazole rings is 1. The van der Waals surface area contributed by atoms with Gasteiger partial charge in [-0.25, -0.2) is 9.20 Å². The van der Waals surface area contributed by atoms with E-state index in [1.54, 1.807) is 36.4 Å². The molecule has 0 bridgehead atoms. The minimum atomic E-state index is -0.465. The van der Waals surface area contributed by atoms with Gasteiger partial charge in [0.15, 0.2) is 0 Å². The lowest BCUT2D eigenvalue weighted by Crippen LogP contribution is -2.28.